The lowest BCUT2D eigenvalue weighted by Gasteiger charge is -2.50. The normalized spacial score (nSPS) is 24.8. The zero-order chi connectivity index (χ0) is 27.3. The fraction of sp³-hybridized carbons (Fsp3) is 0.400. The minimum atomic E-state index is -4.15. The zero-order valence-electron chi connectivity index (χ0n) is 20.2. The van der Waals surface area contributed by atoms with E-state index in [9.17, 15) is 39.9 Å². The number of fused-ring (bicyclic) bond motifs is 1. The summed E-state index contributed by atoms with van der Waals surface area (Å²) in [5.74, 6) is -12.5. The summed E-state index contributed by atoms with van der Waals surface area (Å²) in [6, 6.07) is 12.2. The molecule has 0 spiro atoms. The number of hydrogen-bond acceptors (Lipinski definition) is 11. The zero-order valence-corrected chi connectivity index (χ0v) is 20.2. The second-order valence-electron chi connectivity index (χ2n) is 9.47. The van der Waals surface area contributed by atoms with Gasteiger partial charge in [0.1, 0.15) is 12.4 Å². The van der Waals surface area contributed by atoms with E-state index in [0.717, 1.165) is 30.8 Å². The van der Waals surface area contributed by atoms with Gasteiger partial charge in [-0.05, 0) is 23.3 Å². The van der Waals surface area contributed by atoms with Crippen LogP contribution in [0.3, 0.4) is 0 Å². The first-order chi connectivity index (χ1) is 18.0. The number of ether oxygens (including phenoxy) is 2. The molecule has 3 aliphatic rings. The highest BCUT2D eigenvalue weighted by Gasteiger charge is 2.76. The summed E-state index contributed by atoms with van der Waals surface area (Å²) in [6.07, 6.45) is 0. The lowest BCUT2D eigenvalue weighted by atomic mass is 9.86. The molecule has 2 aromatic carbocycles. The number of carbonyl (C=O) groups excluding carboxylic acids is 3. The minimum Gasteiger partial charge on any atom is -0.489 e. The molecule has 1 unspecified atom stereocenters. The molecule has 2 aromatic rings. The Balaban J connectivity index is 1.32. The summed E-state index contributed by atoms with van der Waals surface area (Å²) < 4.78 is 11.3. The maximum atomic E-state index is 13.1. The molecule has 0 radical (unpaired) electrons. The molecule has 0 saturated carbocycles. The Hall–Kier alpha value is -3.43. The van der Waals surface area contributed by atoms with Gasteiger partial charge >= 0.3 is 5.79 Å². The van der Waals surface area contributed by atoms with Crippen molar-refractivity contribution in [1.82, 2.24) is 15.1 Å². The molecule has 0 bridgehead atoms. The molecule has 6 N–H and O–H groups in total. The van der Waals surface area contributed by atoms with E-state index in [2.05, 4.69) is 4.90 Å². The van der Waals surface area contributed by atoms with E-state index in [1.807, 2.05) is 24.3 Å². The standard InChI is InChI=1S/C25H27N3O10/c29-20-17-2-1-3-19(38-14-16-6-4-15(5-7-16)12-27-8-10-37-11-9-27)18(17)13-28(20)23(32)21(30)26-22(31)24(33,34)25(23,35)36/h1-7,32-36H,8-14H2,(H,26,30,31). The SMILES string of the molecule is O=C1c2cccc(OCc3ccc(CN4CCOCC4)cc3)c2CN1C1(O)C(=O)NC(=O)C(O)(O)C1(O)O. The maximum absolute atomic E-state index is 13.1. The summed E-state index contributed by atoms with van der Waals surface area (Å²) in [6.45, 7) is 3.55. The van der Waals surface area contributed by atoms with Gasteiger partial charge in [0, 0.05) is 30.8 Å². The van der Waals surface area contributed by atoms with E-state index in [1.54, 1.807) is 6.07 Å². The van der Waals surface area contributed by atoms with Crippen molar-refractivity contribution in [2.75, 3.05) is 26.3 Å². The van der Waals surface area contributed by atoms with Gasteiger partial charge in [-0.1, -0.05) is 30.3 Å². The Bertz CT molecular complexity index is 1270. The summed E-state index contributed by atoms with van der Waals surface area (Å²) in [7, 11) is 0. The molecule has 5 rings (SSSR count). The van der Waals surface area contributed by atoms with Gasteiger partial charge in [0.2, 0.25) is 0 Å². The van der Waals surface area contributed by atoms with Crippen molar-refractivity contribution in [1.29, 1.82) is 0 Å². The van der Waals surface area contributed by atoms with Crippen LogP contribution in [0.15, 0.2) is 42.5 Å². The van der Waals surface area contributed by atoms with E-state index in [-0.39, 0.29) is 23.5 Å². The van der Waals surface area contributed by atoms with E-state index in [4.69, 9.17) is 9.47 Å². The van der Waals surface area contributed by atoms with Gasteiger partial charge in [0.05, 0.1) is 19.8 Å². The number of amides is 3. The Morgan fingerprint density at radius 1 is 0.895 bits per heavy atom. The predicted octanol–water partition coefficient (Wildman–Crippen LogP) is -2.24. The molecule has 3 heterocycles. The van der Waals surface area contributed by atoms with Crippen LogP contribution < -0.4 is 10.1 Å². The molecule has 0 aliphatic carbocycles. The number of hydrogen-bond donors (Lipinski definition) is 6. The number of imide groups is 1. The Morgan fingerprint density at radius 2 is 1.55 bits per heavy atom. The van der Waals surface area contributed by atoms with Crippen LogP contribution in [0.25, 0.3) is 0 Å². The fourth-order valence-corrected chi connectivity index (χ4v) is 4.77. The third kappa shape index (κ3) is 4.05. The molecule has 3 amide bonds. The van der Waals surface area contributed by atoms with Gasteiger partial charge in [0.25, 0.3) is 29.2 Å². The predicted molar refractivity (Wildman–Crippen MR) is 126 cm³/mol. The highest BCUT2D eigenvalue weighted by molar-refractivity contribution is 6.10. The summed E-state index contributed by atoms with van der Waals surface area (Å²) in [5, 5.41) is 53.0. The smallest absolute Gasteiger partial charge is 0.306 e. The molecule has 13 nitrogen and oxygen atoms in total. The number of piperidine rings is 1. The molecule has 38 heavy (non-hydrogen) atoms. The molecular formula is C25H27N3O10. The van der Waals surface area contributed by atoms with E-state index in [1.165, 1.54) is 17.4 Å². The van der Waals surface area contributed by atoms with Gasteiger partial charge < -0.3 is 35.0 Å². The number of aliphatic hydroxyl groups is 5. The van der Waals surface area contributed by atoms with Gasteiger partial charge in [-0.25, -0.2) is 0 Å². The van der Waals surface area contributed by atoms with Crippen molar-refractivity contribution in [3.8, 4) is 5.75 Å². The molecule has 0 aromatic heterocycles. The van der Waals surface area contributed by atoms with Crippen molar-refractivity contribution in [2.24, 2.45) is 0 Å². The first-order valence-corrected chi connectivity index (χ1v) is 11.9. The summed E-state index contributed by atoms with van der Waals surface area (Å²) in [4.78, 5) is 40.0. The van der Waals surface area contributed by atoms with E-state index < -0.39 is 41.6 Å². The second-order valence-corrected chi connectivity index (χ2v) is 9.47. The number of nitrogens with zero attached hydrogens (tertiary/aromatic N) is 2. The number of benzene rings is 2. The van der Waals surface area contributed by atoms with Gasteiger partial charge in [-0.15, -0.1) is 0 Å². The second kappa shape index (κ2) is 9.39. The van der Waals surface area contributed by atoms with E-state index >= 15 is 0 Å². The monoisotopic (exact) mass is 529 g/mol. The van der Waals surface area contributed by atoms with Crippen LogP contribution in [0.5, 0.6) is 5.75 Å². The number of nitrogens with one attached hydrogen (secondary N) is 1. The summed E-state index contributed by atoms with van der Waals surface area (Å²) in [5.41, 5.74) is -1.44. The third-order valence-corrected chi connectivity index (χ3v) is 7.08. The molecule has 202 valence electrons. The number of morpholine rings is 1. The number of rotatable bonds is 6. The highest BCUT2D eigenvalue weighted by atomic mass is 16.6. The molecule has 2 saturated heterocycles. The fourth-order valence-electron chi connectivity index (χ4n) is 4.77. The molecular weight excluding hydrogens is 502 g/mol. The van der Waals surface area contributed by atoms with Crippen molar-refractivity contribution < 1.29 is 49.4 Å². The Morgan fingerprint density at radius 3 is 2.24 bits per heavy atom. The van der Waals surface area contributed by atoms with Gasteiger partial charge in [-0.2, -0.15) is 0 Å². The Labute approximate surface area is 216 Å². The Kier molecular flexibility index (Phi) is 6.47. The first-order valence-electron chi connectivity index (χ1n) is 11.9. The first kappa shape index (κ1) is 26.2. The minimum absolute atomic E-state index is 0.0150. The molecule has 3 aliphatic heterocycles. The topological polar surface area (TPSA) is 189 Å². The van der Waals surface area contributed by atoms with Crippen LogP contribution in [0.1, 0.15) is 27.0 Å². The quantitative estimate of drug-likeness (QED) is 0.175. The van der Waals surface area contributed by atoms with E-state index in [0.29, 0.717) is 18.1 Å². The highest BCUT2D eigenvalue weighted by Crippen LogP contribution is 2.42. The number of carbonyl (C=O) groups is 3. The summed E-state index contributed by atoms with van der Waals surface area (Å²) >= 11 is 0. The molecule has 13 heteroatoms. The largest absolute Gasteiger partial charge is 0.489 e. The molecule has 1 atom stereocenters. The van der Waals surface area contributed by atoms with Crippen LogP contribution in [0.2, 0.25) is 0 Å². The van der Waals surface area contributed by atoms with Crippen LogP contribution in [-0.4, -0.2) is 96.7 Å². The maximum Gasteiger partial charge on any atom is 0.306 e. The van der Waals surface area contributed by atoms with Crippen LogP contribution >= 0.6 is 0 Å². The van der Waals surface area contributed by atoms with Crippen LogP contribution in [-0.2, 0) is 34.0 Å². The third-order valence-electron chi connectivity index (χ3n) is 7.08. The van der Waals surface area contributed by atoms with Crippen molar-refractivity contribution in [3.05, 3.63) is 64.7 Å². The van der Waals surface area contributed by atoms with Crippen molar-refractivity contribution in [3.63, 3.8) is 0 Å². The lowest BCUT2D eigenvalue weighted by Crippen LogP contribution is -2.85. The van der Waals surface area contributed by atoms with Gasteiger partial charge in [-0.3, -0.25) is 29.5 Å². The average molecular weight is 530 g/mol. The van der Waals surface area contributed by atoms with Crippen LogP contribution in [0, 0.1) is 0 Å². The molecule has 2 fully saturated rings. The van der Waals surface area contributed by atoms with Gasteiger partial charge in [0.15, 0.2) is 0 Å². The average Bonchev–Trinajstić information content (AvgIpc) is 3.24. The van der Waals surface area contributed by atoms with Crippen molar-refractivity contribution >= 4 is 17.7 Å². The van der Waals surface area contributed by atoms with Crippen molar-refractivity contribution in [2.45, 2.75) is 37.0 Å². The lowest BCUT2D eigenvalue weighted by molar-refractivity contribution is -0.407. The van der Waals surface area contributed by atoms with Crippen LogP contribution in [0.4, 0.5) is 0 Å².